The lowest BCUT2D eigenvalue weighted by Gasteiger charge is -2.08. The van der Waals surface area contributed by atoms with E-state index in [4.69, 9.17) is 11.6 Å². The van der Waals surface area contributed by atoms with Crippen LogP contribution in [0.25, 0.3) is 0 Å². The number of hydrogen-bond donors (Lipinski definition) is 2. The van der Waals surface area contributed by atoms with E-state index in [0.29, 0.717) is 11.6 Å². The fourth-order valence-electron chi connectivity index (χ4n) is 2.17. The van der Waals surface area contributed by atoms with Gasteiger partial charge >= 0.3 is 0 Å². The molecule has 2 aromatic carbocycles. The summed E-state index contributed by atoms with van der Waals surface area (Å²) in [5.74, 6) is 0.161. The van der Waals surface area contributed by atoms with E-state index in [2.05, 4.69) is 20.8 Å². The highest BCUT2D eigenvalue weighted by atomic mass is 35.5. The van der Waals surface area contributed by atoms with Crippen LogP contribution in [0, 0.1) is 6.92 Å². The fraction of sp³-hybridized carbons (Fsp3) is 0.167. The summed E-state index contributed by atoms with van der Waals surface area (Å²) in [4.78, 5) is 12.1. The normalized spacial score (nSPS) is 10.5. The van der Waals surface area contributed by atoms with Crippen LogP contribution in [-0.4, -0.2) is 21.9 Å². The lowest BCUT2D eigenvalue weighted by Crippen LogP contribution is -2.14. The number of hydrogen-bond acceptors (Lipinski definition) is 6. The van der Waals surface area contributed by atoms with Crippen LogP contribution < -0.4 is 10.6 Å². The van der Waals surface area contributed by atoms with Crippen LogP contribution in [0.2, 0.25) is 5.02 Å². The van der Waals surface area contributed by atoms with E-state index in [1.165, 1.54) is 28.7 Å². The lowest BCUT2D eigenvalue weighted by molar-refractivity contribution is -0.113. The third-order valence-electron chi connectivity index (χ3n) is 3.56. The molecule has 0 bridgehead atoms. The van der Waals surface area contributed by atoms with Crippen LogP contribution in [0.5, 0.6) is 0 Å². The molecule has 0 spiro atoms. The summed E-state index contributed by atoms with van der Waals surface area (Å²) in [6, 6.07) is 15.5. The molecule has 0 unspecified atom stereocenters. The van der Waals surface area contributed by atoms with Gasteiger partial charge in [0.15, 0.2) is 4.34 Å². The molecule has 134 valence electrons. The van der Waals surface area contributed by atoms with Gasteiger partial charge in [-0.2, -0.15) is 0 Å². The summed E-state index contributed by atoms with van der Waals surface area (Å²) in [6.45, 7) is 2.56. The molecule has 0 saturated heterocycles. The Morgan fingerprint density at radius 3 is 2.77 bits per heavy atom. The monoisotopic (exact) mass is 404 g/mol. The average Bonchev–Trinajstić information content (AvgIpc) is 3.11. The van der Waals surface area contributed by atoms with E-state index in [1.807, 2.05) is 49.4 Å². The SMILES string of the molecule is Cc1c(Cl)cccc1NC(=O)CSc1nnc(NCc2ccccc2)s1. The molecule has 3 rings (SSSR count). The summed E-state index contributed by atoms with van der Waals surface area (Å²) in [7, 11) is 0. The highest BCUT2D eigenvalue weighted by Gasteiger charge is 2.10. The minimum atomic E-state index is -0.102. The quantitative estimate of drug-likeness (QED) is 0.551. The van der Waals surface area contributed by atoms with Gasteiger partial charge in [0.25, 0.3) is 0 Å². The van der Waals surface area contributed by atoms with Crippen LogP contribution in [0.15, 0.2) is 52.9 Å². The Hall–Kier alpha value is -2.09. The Labute approximate surface area is 165 Å². The van der Waals surface area contributed by atoms with Crippen LogP contribution in [-0.2, 0) is 11.3 Å². The molecule has 26 heavy (non-hydrogen) atoms. The molecule has 0 atom stereocenters. The molecule has 0 saturated carbocycles. The van der Waals surface area contributed by atoms with Gasteiger partial charge in [0.1, 0.15) is 0 Å². The van der Waals surface area contributed by atoms with Gasteiger partial charge in [-0.25, -0.2) is 0 Å². The number of thioether (sulfide) groups is 1. The van der Waals surface area contributed by atoms with Crippen molar-refractivity contribution in [3.05, 3.63) is 64.7 Å². The van der Waals surface area contributed by atoms with Crippen molar-refractivity contribution in [2.24, 2.45) is 0 Å². The van der Waals surface area contributed by atoms with Crippen molar-refractivity contribution in [1.82, 2.24) is 10.2 Å². The van der Waals surface area contributed by atoms with Gasteiger partial charge in [-0.15, -0.1) is 10.2 Å². The molecular weight excluding hydrogens is 388 g/mol. The largest absolute Gasteiger partial charge is 0.356 e. The minimum absolute atomic E-state index is 0.102. The first kappa shape index (κ1) is 18.7. The molecule has 8 heteroatoms. The molecule has 3 aromatic rings. The maximum Gasteiger partial charge on any atom is 0.234 e. The van der Waals surface area contributed by atoms with E-state index >= 15 is 0 Å². The third kappa shape index (κ3) is 5.20. The number of carbonyl (C=O) groups excluding carboxylic acids is 1. The van der Waals surface area contributed by atoms with Gasteiger partial charge in [0.05, 0.1) is 5.75 Å². The number of halogens is 1. The summed E-state index contributed by atoms with van der Waals surface area (Å²) >= 11 is 8.86. The van der Waals surface area contributed by atoms with Gasteiger partial charge in [-0.1, -0.05) is 71.1 Å². The predicted molar refractivity (Wildman–Crippen MR) is 109 cm³/mol. The topological polar surface area (TPSA) is 66.9 Å². The Bertz CT molecular complexity index is 886. The first-order valence-corrected chi connectivity index (χ1v) is 10.1. The maximum absolute atomic E-state index is 12.1. The van der Waals surface area contributed by atoms with Crippen LogP contribution in [0.3, 0.4) is 0 Å². The molecule has 1 heterocycles. The smallest absolute Gasteiger partial charge is 0.234 e. The highest BCUT2D eigenvalue weighted by Crippen LogP contribution is 2.27. The number of rotatable bonds is 7. The standard InChI is InChI=1S/C18H17ClN4OS2/c1-12-14(19)8-5-9-15(12)21-16(24)11-25-18-23-22-17(26-18)20-10-13-6-3-2-4-7-13/h2-9H,10-11H2,1H3,(H,20,22)(H,21,24). The molecule has 2 N–H and O–H groups in total. The Balaban J connectivity index is 1.48. The minimum Gasteiger partial charge on any atom is -0.356 e. The number of nitrogens with one attached hydrogen (secondary N) is 2. The Morgan fingerprint density at radius 2 is 1.96 bits per heavy atom. The number of amides is 1. The van der Waals surface area contributed by atoms with Crippen molar-refractivity contribution in [2.75, 3.05) is 16.4 Å². The Kier molecular flexibility index (Phi) is 6.49. The first-order valence-electron chi connectivity index (χ1n) is 7.91. The first-order chi connectivity index (χ1) is 12.6. The zero-order chi connectivity index (χ0) is 18.4. The van der Waals surface area contributed by atoms with Crippen molar-refractivity contribution in [3.63, 3.8) is 0 Å². The zero-order valence-electron chi connectivity index (χ0n) is 14.0. The molecule has 0 radical (unpaired) electrons. The number of carbonyl (C=O) groups is 1. The van der Waals surface area contributed by atoms with Gasteiger partial charge in [0.2, 0.25) is 11.0 Å². The molecular formula is C18H17ClN4OS2. The Morgan fingerprint density at radius 1 is 1.15 bits per heavy atom. The molecule has 5 nitrogen and oxygen atoms in total. The average molecular weight is 405 g/mol. The van der Waals surface area contributed by atoms with Crippen LogP contribution >= 0.6 is 34.7 Å². The van der Waals surface area contributed by atoms with Gasteiger partial charge in [-0.3, -0.25) is 4.79 Å². The summed E-state index contributed by atoms with van der Waals surface area (Å²) < 4.78 is 0.749. The second-order valence-electron chi connectivity index (χ2n) is 5.46. The molecule has 0 aliphatic rings. The van der Waals surface area contributed by atoms with E-state index in [-0.39, 0.29) is 11.7 Å². The maximum atomic E-state index is 12.1. The second kappa shape index (κ2) is 9.02. The summed E-state index contributed by atoms with van der Waals surface area (Å²) in [6.07, 6.45) is 0. The number of benzene rings is 2. The van der Waals surface area contributed by atoms with Crippen molar-refractivity contribution in [1.29, 1.82) is 0 Å². The van der Waals surface area contributed by atoms with Crippen LogP contribution in [0.1, 0.15) is 11.1 Å². The van der Waals surface area contributed by atoms with E-state index in [0.717, 1.165) is 20.7 Å². The molecule has 1 aromatic heterocycles. The number of nitrogens with zero attached hydrogens (tertiary/aromatic N) is 2. The van der Waals surface area contributed by atoms with Crippen molar-refractivity contribution in [3.8, 4) is 0 Å². The third-order valence-corrected chi connectivity index (χ3v) is 5.99. The molecule has 0 fully saturated rings. The summed E-state index contributed by atoms with van der Waals surface area (Å²) in [5, 5.41) is 15.7. The highest BCUT2D eigenvalue weighted by molar-refractivity contribution is 8.01. The van der Waals surface area contributed by atoms with Gasteiger partial charge in [-0.05, 0) is 30.2 Å². The number of anilines is 2. The molecule has 1 amide bonds. The van der Waals surface area contributed by atoms with Crippen molar-refractivity contribution >= 4 is 51.4 Å². The molecule has 0 aliphatic carbocycles. The summed E-state index contributed by atoms with van der Waals surface area (Å²) in [5.41, 5.74) is 2.76. The fourth-order valence-corrected chi connectivity index (χ4v) is 3.89. The number of aromatic nitrogens is 2. The lowest BCUT2D eigenvalue weighted by atomic mass is 10.2. The molecule has 0 aliphatic heterocycles. The van der Waals surface area contributed by atoms with Crippen molar-refractivity contribution in [2.45, 2.75) is 17.8 Å². The van der Waals surface area contributed by atoms with Gasteiger partial charge < -0.3 is 10.6 Å². The van der Waals surface area contributed by atoms with Crippen molar-refractivity contribution < 1.29 is 4.79 Å². The van der Waals surface area contributed by atoms with E-state index in [9.17, 15) is 4.79 Å². The van der Waals surface area contributed by atoms with Crippen LogP contribution in [0.4, 0.5) is 10.8 Å². The van der Waals surface area contributed by atoms with Gasteiger partial charge in [0, 0.05) is 17.3 Å². The second-order valence-corrected chi connectivity index (χ2v) is 8.07. The van der Waals surface area contributed by atoms with E-state index in [1.54, 1.807) is 6.07 Å². The zero-order valence-corrected chi connectivity index (χ0v) is 16.4. The van der Waals surface area contributed by atoms with E-state index < -0.39 is 0 Å². The predicted octanol–water partition coefficient (Wildman–Crippen LogP) is 4.84.